The van der Waals surface area contributed by atoms with Gasteiger partial charge in [-0.3, -0.25) is 0 Å². The lowest BCUT2D eigenvalue weighted by atomic mass is 9.95. The quantitative estimate of drug-likeness (QED) is 0.769. The minimum atomic E-state index is 0.785. The van der Waals surface area contributed by atoms with Crippen LogP contribution < -0.4 is 4.90 Å². The molecule has 3 heterocycles. The molecule has 0 N–H and O–H groups in total. The maximum absolute atomic E-state index is 4.61. The Morgan fingerprint density at radius 1 is 1.40 bits per heavy atom. The first kappa shape index (κ1) is 14.3. The average molecular weight is 354 g/mol. The van der Waals surface area contributed by atoms with E-state index in [-0.39, 0.29) is 0 Å². The van der Waals surface area contributed by atoms with Crippen LogP contribution in [0.3, 0.4) is 0 Å². The number of thiophene rings is 1. The highest BCUT2D eigenvalue weighted by Crippen LogP contribution is 2.35. The Kier molecular flexibility index (Phi) is 4.26. The van der Waals surface area contributed by atoms with Crippen molar-refractivity contribution in [2.45, 2.75) is 33.1 Å². The minimum absolute atomic E-state index is 0.785. The third-order valence-corrected chi connectivity index (χ3v) is 5.85. The molecule has 1 saturated heterocycles. The van der Waals surface area contributed by atoms with Crippen molar-refractivity contribution < 1.29 is 0 Å². The van der Waals surface area contributed by atoms with Crippen LogP contribution in [0.2, 0.25) is 0 Å². The topological polar surface area (TPSA) is 29.0 Å². The molecule has 1 atom stereocenters. The molecule has 0 spiro atoms. The van der Waals surface area contributed by atoms with E-state index in [2.05, 4.69) is 44.6 Å². The van der Waals surface area contributed by atoms with Crippen molar-refractivity contribution in [3.05, 3.63) is 16.8 Å². The molecule has 108 valence electrons. The molecule has 1 aliphatic heterocycles. The summed E-state index contributed by atoms with van der Waals surface area (Å²) < 4.78 is 0. The molecule has 2 aromatic heterocycles. The number of nitrogens with zero attached hydrogens (tertiary/aromatic N) is 3. The second-order valence-corrected chi connectivity index (χ2v) is 7.59. The van der Waals surface area contributed by atoms with Gasteiger partial charge in [0.05, 0.1) is 5.39 Å². The van der Waals surface area contributed by atoms with Crippen molar-refractivity contribution in [3.8, 4) is 0 Å². The van der Waals surface area contributed by atoms with Crippen LogP contribution in [0.1, 0.15) is 29.7 Å². The predicted octanol–water partition coefficient (Wildman–Crippen LogP) is 4.31. The molecule has 0 radical (unpaired) electrons. The molecule has 1 unspecified atom stereocenters. The van der Waals surface area contributed by atoms with Gasteiger partial charge in [-0.15, -0.1) is 11.3 Å². The lowest BCUT2D eigenvalue weighted by Crippen LogP contribution is -2.36. The van der Waals surface area contributed by atoms with Gasteiger partial charge in [0, 0.05) is 23.3 Å². The van der Waals surface area contributed by atoms with Gasteiger partial charge in [0.15, 0.2) is 0 Å². The van der Waals surface area contributed by atoms with E-state index in [9.17, 15) is 0 Å². The zero-order valence-electron chi connectivity index (χ0n) is 12.0. The van der Waals surface area contributed by atoms with E-state index in [1.807, 2.05) is 0 Å². The third-order valence-electron chi connectivity index (χ3n) is 4.28. The number of halogens is 1. The molecule has 1 fully saturated rings. The maximum Gasteiger partial charge on any atom is 0.141 e. The van der Waals surface area contributed by atoms with Crippen LogP contribution >= 0.6 is 27.3 Å². The Morgan fingerprint density at radius 2 is 2.25 bits per heavy atom. The van der Waals surface area contributed by atoms with Gasteiger partial charge in [-0.1, -0.05) is 15.9 Å². The van der Waals surface area contributed by atoms with E-state index in [1.165, 1.54) is 35.1 Å². The summed E-state index contributed by atoms with van der Waals surface area (Å²) in [7, 11) is 0. The molecule has 1 aliphatic rings. The maximum atomic E-state index is 4.61. The SMILES string of the molecule is Cc1sc2ncnc(N3CCCC(CCBr)C3)c2c1C. The molecule has 0 aliphatic carbocycles. The smallest absolute Gasteiger partial charge is 0.141 e. The number of aromatic nitrogens is 2. The molecule has 5 heteroatoms. The number of alkyl halides is 1. The molecular weight excluding hydrogens is 334 g/mol. The second kappa shape index (κ2) is 5.98. The first-order valence-electron chi connectivity index (χ1n) is 7.22. The molecule has 3 nitrogen and oxygen atoms in total. The number of anilines is 1. The molecule has 2 aromatic rings. The van der Waals surface area contributed by atoms with Gasteiger partial charge in [0.25, 0.3) is 0 Å². The summed E-state index contributed by atoms with van der Waals surface area (Å²) in [5, 5.41) is 2.37. The fourth-order valence-corrected chi connectivity index (χ4v) is 4.69. The summed E-state index contributed by atoms with van der Waals surface area (Å²) in [6, 6.07) is 0. The Labute approximate surface area is 132 Å². The number of hydrogen-bond donors (Lipinski definition) is 0. The summed E-state index contributed by atoms with van der Waals surface area (Å²) in [5.41, 5.74) is 1.35. The largest absolute Gasteiger partial charge is 0.356 e. The second-order valence-electron chi connectivity index (χ2n) is 5.59. The van der Waals surface area contributed by atoms with E-state index in [1.54, 1.807) is 17.7 Å². The lowest BCUT2D eigenvalue weighted by Gasteiger charge is -2.33. The Bertz CT molecular complexity index is 608. The van der Waals surface area contributed by atoms with E-state index < -0.39 is 0 Å². The van der Waals surface area contributed by atoms with Crippen LogP contribution in [0.25, 0.3) is 10.2 Å². The van der Waals surface area contributed by atoms with Crippen molar-refractivity contribution in [1.29, 1.82) is 0 Å². The molecule has 0 aromatic carbocycles. The minimum Gasteiger partial charge on any atom is -0.356 e. The number of rotatable bonds is 3. The standard InChI is InChI=1S/C15H20BrN3S/c1-10-11(2)20-15-13(10)14(17-9-18-15)19-7-3-4-12(8-19)5-6-16/h9,12H,3-8H2,1-2H3. The molecule has 0 amide bonds. The van der Waals surface area contributed by atoms with Crippen molar-refractivity contribution in [2.24, 2.45) is 5.92 Å². The van der Waals surface area contributed by atoms with Crippen molar-refractivity contribution in [3.63, 3.8) is 0 Å². The highest BCUT2D eigenvalue weighted by molar-refractivity contribution is 9.09. The van der Waals surface area contributed by atoms with Gasteiger partial charge < -0.3 is 4.90 Å². The highest BCUT2D eigenvalue weighted by atomic mass is 79.9. The van der Waals surface area contributed by atoms with Gasteiger partial charge in [0.1, 0.15) is 17.0 Å². The van der Waals surface area contributed by atoms with Crippen LogP contribution in [0.5, 0.6) is 0 Å². The van der Waals surface area contributed by atoms with Gasteiger partial charge in [-0.25, -0.2) is 9.97 Å². The fourth-order valence-electron chi connectivity index (χ4n) is 3.05. The van der Waals surface area contributed by atoms with E-state index >= 15 is 0 Å². The van der Waals surface area contributed by atoms with Gasteiger partial charge in [-0.2, -0.15) is 0 Å². The molecule has 20 heavy (non-hydrogen) atoms. The summed E-state index contributed by atoms with van der Waals surface area (Å²) in [6.45, 7) is 6.63. The first-order valence-corrected chi connectivity index (χ1v) is 9.16. The summed E-state index contributed by atoms with van der Waals surface area (Å²) in [6.07, 6.45) is 5.59. The normalized spacial score (nSPS) is 19.8. The van der Waals surface area contributed by atoms with Crippen molar-refractivity contribution in [2.75, 3.05) is 23.3 Å². The summed E-state index contributed by atoms with van der Waals surface area (Å²) >= 11 is 5.36. The van der Waals surface area contributed by atoms with Crippen molar-refractivity contribution in [1.82, 2.24) is 9.97 Å². The number of aryl methyl sites for hydroxylation is 2. The van der Waals surface area contributed by atoms with Crippen LogP contribution in [0.4, 0.5) is 5.82 Å². The lowest BCUT2D eigenvalue weighted by molar-refractivity contribution is 0.406. The average Bonchev–Trinajstić information content (AvgIpc) is 2.75. The number of fused-ring (bicyclic) bond motifs is 1. The predicted molar refractivity (Wildman–Crippen MR) is 90.2 cm³/mol. The number of hydrogen-bond acceptors (Lipinski definition) is 4. The fraction of sp³-hybridized carbons (Fsp3) is 0.600. The Morgan fingerprint density at radius 3 is 3.05 bits per heavy atom. The zero-order chi connectivity index (χ0) is 14.1. The molecule has 3 rings (SSSR count). The third kappa shape index (κ3) is 2.58. The van der Waals surface area contributed by atoms with Gasteiger partial charge in [-0.05, 0) is 44.6 Å². The molecule has 0 bridgehead atoms. The first-order chi connectivity index (χ1) is 9.70. The molecule has 0 saturated carbocycles. The van der Waals surface area contributed by atoms with E-state index in [4.69, 9.17) is 0 Å². The summed E-state index contributed by atoms with van der Waals surface area (Å²) in [5.74, 6) is 1.93. The van der Waals surface area contributed by atoms with Gasteiger partial charge in [0.2, 0.25) is 0 Å². The van der Waals surface area contributed by atoms with Gasteiger partial charge >= 0.3 is 0 Å². The zero-order valence-corrected chi connectivity index (χ0v) is 14.4. The summed E-state index contributed by atoms with van der Waals surface area (Å²) in [4.78, 5) is 14.0. The van der Waals surface area contributed by atoms with Crippen LogP contribution in [0.15, 0.2) is 6.33 Å². The number of piperidine rings is 1. The van der Waals surface area contributed by atoms with Crippen LogP contribution in [-0.4, -0.2) is 28.4 Å². The van der Waals surface area contributed by atoms with E-state index in [0.717, 1.165) is 35.0 Å². The highest BCUT2D eigenvalue weighted by Gasteiger charge is 2.23. The Balaban J connectivity index is 1.97. The Hall–Kier alpha value is -0.680. The van der Waals surface area contributed by atoms with Crippen molar-refractivity contribution >= 4 is 43.3 Å². The van der Waals surface area contributed by atoms with E-state index in [0.29, 0.717) is 0 Å². The monoisotopic (exact) mass is 353 g/mol. The van der Waals surface area contributed by atoms with Crippen LogP contribution in [0, 0.1) is 19.8 Å². The molecular formula is C15H20BrN3S. The van der Waals surface area contributed by atoms with Crippen LogP contribution in [-0.2, 0) is 0 Å².